The molecule has 0 aliphatic rings. The van der Waals surface area contributed by atoms with Crippen LogP contribution in [0.3, 0.4) is 0 Å². The van der Waals surface area contributed by atoms with Gasteiger partial charge in [0.2, 0.25) is 0 Å². The van der Waals surface area contributed by atoms with Gasteiger partial charge >= 0.3 is 6.18 Å². The summed E-state index contributed by atoms with van der Waals surface area (Å²) in [5, 5.41) is 3.94. The molecule has 0 bridgehead atoms. The van der Waals surface area contributed by atoms with Crippen molar-refractivity contribution in [3.63, 3.8) is 0 Å². The Morgan fingerprint density at radius 3 is 2.41 bits per heavy atom. The molecule has 0 aliphatic carbocycles. The van der Waals surface area contributed by atoms with Gasteiger partial charge in [0.25, 0.3) is 5.91 Å². The van der Waals surface area contributed by atoms with Crippen LogP contribution in [0.25, 0.3) is 10.9 Å². The van der Waals surface area contributed by atoms with Gasteiger partial charge in [-0.2, -0.15) is 13.2 Å². The van der Waals surface area contributed by atoms with E-state index in [-0.39, 0.29) is 16.8 Å². The van der Waals surface area contributed by atoms with Gasteiger partial charge in [-0.05, 0) is 46.9 Å². The summed E-state index contributed by atoms with van der Waals surface area (Å²) in [5.41, 5.74) is 2.69. The van der Waals surface area contributed by atoms with Crippen molar-refractivity contribution < 1.29 is 18.0 Å². The first kappa shape index (κ1) is 24.1. The molecule has 0 unspecified atom stereocenters. The third-order valence-corrected chi connectivity index (χ3v) is 6.15. The highest BCUT2D eigenvalue weighted by atomic mass is 32.2. The van der Waals surface area contributed by atoms with Crippen LogP contribution < -0.4 is 5.32 Å². The Bertz CT molecular complexity index is 1150. The van der Waals surface area contributed by atoms with Gasteiger partial charge in [-0.3, -0.25) is 4.79 Å². The number of alkyl halides is 3. The SMILES string of the molecule is CCSc1nc2cc(C(F)(F)F)ccc2c(C)c1C(=O)NCc1cccc(C(C)(C)C)c1. The van der Waals surface area contributed by atoms with E-state index in [1.165, 1.54) is 23.4 Å². The van der Waals surface area contributed by atoms with Crippen molar-refractivity contribution in [2.45, 2.75) is 57.8 Å². The zero-order valence-corrected chi connectivity index (χ0v) is 19.7. The Morgan fingerprint density at radius 1 is 1.06 bits per heavy atom. The molecular formula is C25H27F3N2OS. The average molecular weight is 461 g/mol. The fourth-order valence-corrected chi connectivity index (χ4v) is 4.33. The second-order valence-electron chi connectivity index (χ2n) is 8.71. The number of nitrogens with one attached hydrogen (secondary N) is 1. The highest BCUT2D eigenvalue weighted by molar-refractivity contribution is 7.99. The highest BCUT2D eigenvalue weighted by Gasteiger charge is 2.31. The van der Waals surface area contributed by atoms with E-state index < -0.39 is 11.7 Å². The molecule has 1 amide bonds. The van der Waals surface area contributed by atoms with Gasteiger partial charge in [0.1, 0.15) is 5.03 Å². The summed E-state index contributed by atoms with van der Waals surface area (Å²) >= 11 is 1.35. The number of fused-ring (bicyclic) bond motifs is 1. The molecule has 0 radical (unpaired) electrons. The van der Waals surface area contributed by atoms with Crippen LogP contribution in [0, 0.1) is 6.92 Å². The molecule has 1 N–H and O–H groups in total. The van der Waals surface area contributed by atoms with Gasteiger partial charge in [0.15, 0.2) is 0 Å². The molecule has 0 aliphatic heterocycles. The zero-order chi connectivity index (χ0) is 23.7. The third-order valence-electron chi connectivity index (χ3n) is 5.29. The predicted molar refractivity (Wildman–Crippen MR) is 124 cm³/mol. The number of amides is 1. The summed E-state index contributed by atoms with van der Waals surface area (Å²) < 4.78 is 39.4. The lowest BCUT2D eigenvalue weighted by atomic mass is 9.86. The number of benzene rings is 2. The van der Waals surface area contributed by atoms with Gasteiger partial charge in [-0.25, -0.2) is 4.98 Å². The number of nitrogens with zero attached hydrogens (tertiary/aromatic N) is 1. The van der Waals surface area contributed by atoms with Crippen LogP contribution in [0.1, 0.15) is 60.3 Å². The standard InChI is InChI=1S/C25H27F3N2OS/c1-6-32-23-21(15(2)19-11-10-18(25(26,27)28)13-20(19)30-23)22(31)29-14-16-8-7-9-17(12-16)24(3,4)5/h7-13H,6,14H2,1-5H3,(H,29,31). The molecule has 0 saturated heterocycles. The van der Waals surface area contributed by atoms with Crippen molar-refractivity contribution in [2.75, 3.05) is 5.75 Å². The molecule has 0 spiro atoms. The Kier molecular flexibility index (Phi) is 6.89. The van der Waals surface area contributed by atoms with E-state index >= 15 is 0 Å². The number of pyridine rings is 1. The van der Waals surface area contributed by atoms with E-state index in [1.54, 1.807) is 6.92 Å². The van der Waals surface area contributed by atoms with Crippen LogP contribution in [-0.2, 0) is 18.1 Å². The Labute approximate surface area is 190 Å². The maximum atomic E-state index is 13.1. The topological polar surface area (TPSA) is 42.0 Å². The van der Waals surface area contributed by atoms with Crippen LogP contribution in [0.4, 0.5) is 13.2 Å². The fraction of sp³-hybridized carbons (Fsp3) is 0.360. The van der Waals surface area contributed by atoms with E-state index in [2.05, 4.69) is 43.2 Å². The maximum absolute atomic E-state index is 13.1. The summed E-state index contributed by atoms with van der Waals surface area (Å²) in [6.07, 6.45) is -4.44. The summed E-state index contributed by atoms with van der Waals surface area (Å²) in [5.74, 6) is 0.360. The predicted octanol–water partition coefficient (Wildman–Crippen LogP) is 6.90. The molecule has 7 heteroatoms. The van der Waals surface area contributed by atoms with E-state index in [9.17, 15) is 18.0 Å². The molecular weight excluding hydrogens is 433 g/mol. The van der Waals surface area contributed by atoms with E-state index in [0.717, 1.165) is 17.7 Å². The molecule has 0 atom stereocenters. The minimum Gasteiger partial charge on any atom is -0.348 e. The smallest absolute Gasteiger partial charge is 0.348 e. The van der Waals surface area contributed by atoms with Crippen molar-refractivity contribution in [1.29, 1.82) is 0 Å². The van der Waals surface area contributed by atoms with Gasteiger partial charge in [0, 0.05) is 11.9 Å². The number of aryl methyl sites for hydroxylation is 1. The van der Waals surface area contributed by atoms with Gasteiger partial charge in [-0.1, -0.05) is 58.0 Å². The average Bonchev–Trinajstić information content (AvgIpc) is 2.71. The number of carbonyl (C=O) groups excluding carboxylic acids is 1. The lowest BCUT2D eigenvalue weighted by Gasteiger charge is -2.20. The molecule has 2 aromatic carbocycles. The number of hydrogen-bond donors (Lipinski definition) is 1. The Hall–Kier alpha value is -2.54. The minimum atomic E-state index is -4.44. The first-order chi connectivity index (χ1) is 14.9. The van der Waals surface area contributed by atoms with Crippen molar-refractivity contribution in [3.8, 4) is 0 Å². The van der Waals surface area contributed by atoms with Gasteiger partial charge < -0.3 is 5.32 Å². The number of thioether (sulfide) groups is 1. The summed E-state index contributed by atoms with van der Waals surface area (Å²) in [6.45, 7) is 10.4. The highest BCUT2D eigenvalue weighted by Crippen LogP contribution is 2.34. The molecule has 3 rings (SSSR count). The van der Waals surface area contributed by atoms with Crippen LogP contribution in [0.15, 0.2) is 47.5 Å². The number of hydrogen-bond acceptors (Lipinski definition) is 3. The molecule has 1 aromatic heterocycles. The monoisotopic (exact) mass is 460 g/mol. The van der Waals surface area contributed by atoms with Crippen molar-refractivity contribution in [3.05, 3.63) is 70.3 Å². The fourth-order valence-electron chi connectivity index (χ4n) is 3.51. The normalized spacial score (nSPS) is 12.2. The van der Waals surface area contributed by atoms with Crippen molar-refractivity contribution in [2.24, 2.45) is 0 Å². The lowest BCUT2D eigenvalue weighted by molar-refractivity contribution is -0.137. The Morgan fingerprint density at radius 2 is 1.78 bits per heavy atom. The second-order valence-corrected chi connectivity index (χ2v) is 9.97. The lowest BCUT2D eigenvalue weighted by Crippen LogP contribution is -2.25. The first-order valence-electron chi connectivity index (χ1n) is 10.4. The maximum Gasteiger partial charge on any atom is 0.416 e. The molecule has 170 valence electrons. The molecule has 0 saturated carbocycles. The molecule has 0 fully saturated rings. The van der Waals surface area contributed by atoms with Crippen LogP contribution in [0.5, 0.6) is 0 Å². The van der Waals surface area contributed by atoms with Crippen molar-refractivity contribution in [1.82, 2.24) is 10.3 Å². The quantitative estimate of drug-likeness (QED) is 0.421. The molecule has 3 aromatic rings. The second kappa shape index (κ2) is 9.14. The summed E-state index contributed by atoms with van der Waals surface area (Å²) in [4.78, 5) is 17.6. The number of rotatable bonds is 5. The zero-order valence-electron chi connectivity index (χ0n) is 18.9. The number of halogens is 3. The largest absolute Gasteiger partial charge is 0.416 e. The van der Waals surface area contributed by atoms with Gasteiger partial charge in [0.05, 0.1) is 16.6 Å². The number of aromatic nitrogens is 1. The summed E-state index contributed by atoms with van der Waals surface area (Å²) in [7, 11) is 0. The van der Waals surface area contributed by atoms with E-state index in [4.69, 9.17) is 0 Å². The van der Waals surface area contributed by atoms with Gasteiger partial charge in [-0.15, -0.1) is 11.8 Å². The summed E-state index contributed by atoms with van der Waals surface area (Å²) in [6, 6.07) is 11.5. The molecule has 32 heavy (non-hydrogen) atoms. The van der Waals surface area contributed by atoms with E-state index in [1.807, 2.05) is 19.1 Å². The minimum absolute atomic E-state index is 0.000916. The van der Waals surface area contributed by atoms with Crippen LogP contribution in [-0.4, -0.2) is 16.6 Å². The Balaban J connectivity index is 1.95. The van der Waals surface area contributed by atoms with Crippen LogP contribution in [0.2, 0.25) is 0 Å². The molecule has 3 nitrogen and oxygen atoms in total. The molecule has 1 heterocycles. The first-order valence-corrected chi connectivity index (χ1v) is 11.4. The van der Waals surface area contributed by atoms with Crippen molar-refractivity contribution >= 4 is 28.6 Å². The third kappa shape index (κ3) is 5.26. The van der Waals surface area contributed by atoms with Crippen LogP contribution >= 0.6 is 11.8 Å². The number of carbonyl (C=O) groups is 1. The van der Waals surface area contributed by atoms with E-state index in [0.29, 0.717) is 33.8 Å².